The van der Waals surface area contributed by atoms with Gasteiger partial charge in [-0.05, 0) is 12.1 Å². The molecule has 2 rings (SSSR count). The number of hydrogen-bond donors (Lipinski definition) is 1. The zero-order valence-corrected chi connectivity index (χ0v) is 10.3. The van der Waals surface area contributed by atoms with E-state index in [1.54, 1.807) is 7.11 Å². The number of rotatable bonds is 6. The Morgan fingerprint density at radius 2 is 2.35 bits per heavy atom. The summed E-state index contributed by atoms with van der Waals surface area (Å²) in [5.41, 5.74) is 2.27. The lowest BCUT2D eigenvalue weighted by molar-refractivity contribution is 0.183. The highest BCUT2D eigenvalue weighted by molar-refractivity contribution is 5.38. The van der Waals surface area contributed by atoms with E-state index in [-0.39, 0.29) is 0 Å². The summed E-state index contributed by atoms with van der Waals surface area (Å²) in [4.78, 5) is 0. The summed E-state index contributed by atoms with van der Waals surface area (Å²) in [6.45, 7) is 2.26. The van der Waals surface area contributed by atoms with Gasteiger partial charge in [-0.15, -0.1) is 0 Å². The van der Waals surface area contributed by atoms with E-state index >= 15 is 0 Å². The molecule has 0 aromatic carbocycles. The molecule has 2 aromatic rings. The van der Waals surface area contributed by atoms with Crippen molar-refractivity contribution in [1.82, 2.24) is 14.3 Å². The fourth-order valence-electron chi connectivity index (χ4n) is 1.63. The Labute approximate surface area is 101 Å². The zero-order valence-electron chi connectivity index (χ0n) is 10.3. The molecule has 1 N–H and O–H groups in total. The van der Waals surface area contributed by atoms with Crippen molar-refractivity contribution in [3.8, 4) is 0 Å². The van der Waals surface area contributed by atoms with Crippen LogP contribution in [-0.2, 0) is 24.9 Å². The predicted molar refractivity (Wildman–Crippen MR) is 66.8 cm³/mol. The van der Waals surface area contributed by atoms with Gasteiger partial charge in [0.15, 0.2) is 0 Å². The van der Waals surface area contributed by atoms with E-state index in [0.717, 1.165) is 18.8 Å². The predicted octanol–water partition coefficient (Wildman–Crippen LogP) is 1.48. The van der Waals surface area contributed by atoms with Crippen molar-refractivity contribution in [2.75, 3.05) is 19.0 Å². The normalized spacial score (nSPS) is 10.7. The van der Waals surface area contributed by atoms with Gasteiger partial charge < -0.3 is 14.6 Å². The van der Waals surface area contributed by atoms with E-state index in [2.05, 4.69) is 21.0 Å². The Bertz CT molecular complexity index is 461. The monoisotopic (exact) mass is 234 g/mol. The number of aromatic nitrogens is 3. The molecule has 0 radical (unpaired) electrons. The van der Waals surface area contributed by atoms with Crippen LogP contribution in [0.2, 0.25) is 0 Å². The van der Waals surface area contributed by atoms with Gasteiger partial charge in [0.25, 0.3) is 0 Å². The van der Waals surface area contributed by atoms with Crippen molar-refractivity contribution in [2.45, 2.75) is 13.1 Å². The Morgan fingerprint density at radius 1 is 1.47 bits per heavy atom. The number of aryl methyl sites for hydroxylation is 1. The second-order valence-electron chi connectivity index (χ2n) is 3.95. The Morgan fingerprint density at radius 3 is 3.06 bits per heavy atom. The van der Waals surface area contributed by atoms with Crippen molar-refractivity contribution < 1.29 is 4.74 Å². The van der Waals surface area contributed by atoms with E-state index in [0.29, 0.717) is 6.61 Å². The summed E-state index contributed by atoms with van der Waals surface area (Å²) in [7, 11) is 3.73. The van der Waals surface area contributed by atoms with Gasteiger partial charge in [-0.2, -0.15) is 5.10 Å². The summed E-state index contributed by atoms with van der Waals surface area (Å²) in [5.74, 6) is 0. The van der Waals surface area contributed by atoms with Gasteiger partial charge in [0, 0.05) is 32.2 Å². The molecule has 0 amide bonds. The minimum Gasteiger partial charge on any atom is -0.383 e. The van der Waals surface area contributed by atoms with Crippen molar-refractivity contribution in [3.63, 3.8) is 0 Å². The third-order valence-corrected chi connectivity index (χ3v) is 2.68. The molecule has 17 heavy (non-hydrogen) atoms. The van der Waals surface area contributed by atoms with Crippen LogP contribution in [0.3, 0.4) is 0 Å². The van der Waals surface area contributed by atoms with Crippen molar-refractivity contribution in [1.29, 1.82) is 0 Å². The van der Waals surface area contributed by atoms with Gasteiger partial charge in [0.05, 0.1) is 31.6 Å². The van der Waals surface area contributed by atoms with E-state index < -0.39 is 0 Å². The van der Waals surface area contributed by atoms with E-state index in [1.165, 1.54) is 5.69 Å². The highest BCUT2D eigenvalue weighted by Gasteiger charge is 2.00. The minimum atomic E-state index is 0.679. The summed E-state index contributed by atoms with van der Waals surface area (Å²) in [6.07, 6.45) is 5.86. The molecule has 2 heterocycles. The molecule has 0 aliphatic carbocycles. The number of methoxy groups -OCH3 is 1. The SMILES string of the molecule is COCCn1cc(NCc2cccn2C)cn1. The average molecular weight is 234 g/mol. The van der Waals surface area contributed by atoms with Crippen LogP contribution in [-0.4, -0.2) is 28.1 Å². The fraction of sp³-hybridized carbons (Fsp3) is 0.417. The number of hydrogen-bond acceptors (Lipinski definition) is 3. The lowest BCUT2D eigenvalue weighted by Gasteiger charge is -2.04. The van der Waals surface area contributed by atoms with Gasteiger partial charge in [-0.1, -0.05) is 0 Å². The molecule has 0 atom stereocenters. The van der Waals surface area contributed by atoms with Crippen LogP contribution in [0, 0.1) is 0 Å². The third kappa shape index (κ3) is 3.10. The molecule has 0 unspecified atom stereocenters. The molecular weight excluding hydrogens is 216 g/mol. The first-order chi connectivity index (χ1) is 8.29. The number of anilines is 1. The minimum absolute atomic E-state index is 0.679. The quantitative estimate of drug-likeness (QED) is 0.823. The lowest BCUT2D eigenvalue weighted by Crippen LogP contribution is -2.05. The molecular formula is C12H18N4O. The topological polar surface area (TPSA) is 44.0 Å². The maximum absolute atomic E-state index is 5.01. The first-order valence-electron chi connectivity index (χ1n) is 5.65. The Kier molecular flexibility index (Phi) is 3.82. The van der Waals surface area contributed by atoms with Crippen LogP contribution < -0.4 is 5.32 Å². The molecule has 2 aromatic heterocycles. The van der Waals surface area contributed by atoms with Crippen LogP contribution in [0.15, 0.2) is 30.7 Å². The first-order valence-corrected chi connectivity index (χ1v) is 5.65. The Balaban J connectivity index is 1.87. The summed E-state index contributed by atoms with van der Waals surface area (Å²) in [5, 5.41) is 7.58. The highest BCUT2D eigenvalue weighted by atomic mass is 16.5. The van der Waals surface area contributed by atoms with Crippen LogP contribution in [0.4, 0.5) is 5.69 Å². The maximum Gasteiger partial charge on any atom is 0.0729 e. The molecule has 0 spiro atoms. The van der Waals surface area contributed by atoms with Crippen molar-refractivity contribution >= 4 is 5.69 Å². The molecule has 0 aliphatic rings. The van der Waals surface area contributed by atoms with Crippen LogP contribution in [0.25, 0.3) is 0 Å². The Hall–Kier alpha value is -1.75. The van der Waals surface area contributed by atoms with Crippen molar-refractivity contribution in [2.24, 2.45) is 7.05 Å². The lowest BCUT2D eigenvalue weighted by atomic mass is 10.4. The highest BCUT2D eigenvalue weighted by Crippen LogP contribution is 2.08. The number of nitrogens with zero attached hydrogens (tertiary/aromatic N) is 3. The van der Waals surface area contributed by atoms with E-state index in [9.17, 15) is 0 Å². The van der Waals surface area contributed by atoms with Gasteiger partial charge in [0.2, 0.25) is 0 Å². The number of ether oxygens (including phenoxy) is 1. The molecule has 0 saturated carbocycles. The molecule has 92 valence electrons. The summed E-state index contributed by atoms with van der Waals surface area (Å²) >= 11 is 0. The number of nitrogens with one attached hydrogen (secondary N) is 1. The standard InChI is InChI=1S/C12H18N4O/c1-15-5-3-4-12(15)9-13-11-8-14-16(10-11)6-7-17-2/h3-5,8,10,13H,6-7,9H2,1-2H3. The average Bonchev–Trinajstić information content (AvgIpc) is 2.93. The molecule has 0 aliphatic heterocycles. The van der Waals surface area contributed by atoms with Gasteiger partial charge in [0.1, 0.15) is 0 Å². The van der Waals surface area contributed by atoms with Crippen LogP contribution in [0.1, 0.15) is 5.69 Å². The van der Waals surface area contributed by atoms with Crippen LogP contribution in [0.5, 0.6) is 0 Å². The molecule has 5 nitrogen and oxygen atoms in total. The first kappa shape index (κ1) is 11.7. The van der Waals surface area contributed by atoms with E-state index in [1.807, 2.05) is 36.4 Å². The second-order valence-corrected chi connectivity index (χ2v) is 3.95. The molecule has 0 saturated heterocycles. The fourth-order valence-corrected chi connectivity index (χ4v) is 1.63. The second kappa shape index (κ2) is 5.54. The summed E-state index contributed by atoms with van der Waals surface area (Å²) in [6, 6.07) is 4.14. The molecule has 5 heteroatoms. The van der Waals surface area contributed by atoms with Gasteiger partial charge in [-0.25, -0.2) is 0 Å². The van der Waals surface area contributed by atoms with Crippen molar-refractivity contribution in [3.05, 3.63) is 36.4 Å². The summed E-state index contributed by atoms with van der Waals surface area (Å²) < 4.78 is 8.98. The van der Waals surface area contributed by atoms with E-state index in [4.69, 9.17) is 4.74 Å². The third-order valence-electron chi connectivity index (χ3n) is 2.68. The zero-order chi connectivity index (χ0) is 12.1. The van der Waals surface area contributed by atoms with Gasteiger partial charge in [-0.3, -0.25) is 4.68 Å². The maximum atomic E-state index is 5.01. The van der Waals surface area contributed by atoms with Gasteiger partial charge >= 0.3 is 0 Å². The smallest absolute Gasteiger partial charge is 0.0729 e. The molecule has 0 bridgehead atoms. The van der Waals surface area contributed by atoms with Crippen LogP contribution >= 0.6 is 0 Å². The molecule has 0 fully saturated rings. The largest absolute Gasteiger partial charge is 0.383 e.